The smallest absolute Gasteiger partial charge is 0.253 e. The van der Waals surface area contributed by atoms with Gasteiger partial charge in [0.1, 0.15) is 6.04 Å². The number of amides is 2. The van der Waals surface area contributed by atoms with Crippen LogP contribution >= 0.6 is 23.1 Å². The maximum absolute atomic E-state index is 12.9. The van der Waals surface area contributed by atoms with Gasteiger partial charge in [0.2, 0.25) is 5.91 Å². The number of carbonyl (C=O) groups is 2. The summed E-state index contributed by atoms with van der Waals surface area (Å²) in [6.07, 6.45) is 6.00. The Hall–Kier alpha value is -2.78. The molecule has 0 saturated carbocycles. The van der Waals surface area contributed by atoms with Gasteiger partial charge in [-0.3, -0.25) is 14.3 Å². The fourth-order valence-electron chi connectivity index (χ4n) is 2.92. The second-order valence-corrected chi connectivity index (χ2v) is 9.14. The first-order chi connectivity index (χ1) is 15.0. The largest absolute Gasteiger partial charge is 0.340 e. The molecule has 0 spiro atoms. The fourth-order valence-corrected chi connectivity index (χ4v) is 4.11. The van der Waals surface area contributed by atoms with Crippen LogP contribution in [0, 0.1) is 0 Å². The molecule has 2 amide bonds. The van der Waals surface area contributed by atoms with E-state index >= 15 is 0 Å². The lowest BCUT2D eigenvalue weighted by atomic mass is 10.2. The summed E-state index contributed by atoms with van der Waals surface area (Å²) in [5, 5.41) is 8.14. The molecule has 3 aromatic rings. The molecule has 0 aliphatic heterocycles. The number of thioether (sulfide) groups is 1. The summed E-state index contributed by atoms with van der Waals surface area (Å²) in [5.41, 5.74) is 5.48. The quantitative estimate of drug-likeness (QED) is 0.427. The molecule has 2 heterocycles. The SMILES string of the molecule is CSCCC(NC(=O)c1ccn(NC(C)C)c1)C(=O)Nc1nc(-c2ccccc2)cs1. The monoisotopic (exact) mass is 457 g/mol. The van der Waals surface area contributed by atoms with Crippen LogP contribution in [0.1, 0.15) is 30.6 Å². The highest BCUT2D eigenvalue weighted by Gasteiger charge is 2.22. The van der Waals surface area contributed by atoms with Crippen LogP contribution in [0.2, 0.25) is 0 Å². The van der Waals surface area contributed by atoms with Gasteiger partial charge >= 0.3 is 0 Å². The third kappa shape index (κ3) is 6.60. The lowest BCUT2D eigenvalue weighted by Crippen LogP contribution is -2.44. The Bertz CT molecular complexity index is 1000. The minimum absolute atomic E-state index is 0.238. The van der Waals surface area contributed by atoms with Crippen molar-refractivity contribution in [1.29, 1.82) is 0 Å². The summed E-state index contributed by atoms with van der Waals surface area (Å²) in [7, 11) is 0. The molecule has 0 saturated heterocycles. The molecule has 0 radical (unpaired) electrons. The highest BCUT2D eigenvalue weighted by Crippen LogP contribution is 2.24. The zero-order valence-electron chi connectivity index (χ0n) is 17.8. The van der Waals surface area contributed by atoms with E-state index in [4.69, 9.17) is 0 Å². The number of nitrogens with zero attached hydrogens (tertiary/aromatic N) is 2. The number of rotatable bonds is 10. The second kappa shape index (κ2) is 11.0. The van der Waals surface area contributed by atoms with Crippen LogP contribution in [0.3, 0.4) is 0 Å². The third-order valence-electron chi connectivity index (χ3n) is 4.40. The molecule has 0 aliphatic rings. The van der Waals surface area contributed by atoms with Gasteiger partial charge in [-0.05, 0) is 38.3 Å². The van der Waals surface area contributed by atoms with Crippen molar-refractivity contribution in [1.82, 2.24) is 15.0 Å². The maximum Gasteiger partial charge on any atom is 0.253 e. The Morgan fingerprint density at radius 1 is 1.19 bits per heavy atom. The van der Waals surface area contributed by atoms with Gasteiger partial charge in [-0.2, -0.15) is 11.8 Å². The molecule has 31 heavy (non-hydrogen) atoms. The summed E-state index contributed by atoms with van der Waals surface area (Å²) < 4.78 is 1.75. The van der Waals surface area contributed by atoms with E-state index in [-0.39, 0.29) is 17.9 Å². The van der Waals surface area contributed by atoms with Gasteiger partial charge in [-0.1, -0.05) is 30.3 Å². The lowest BCUT2D eigenvalue weighted by molar-refractivity contribution is -0.118. The molecule has 164 valence electrons. The molecule has 1 atom stereocenters. The first kappa shape index (κ1) is 22.9. The van der Waals surface area contributed by atoms with Gasteiger partial charge in [0.05, 0.1) is 11.3 Å². The van der Waals surface area contributed by atoms with Crippen LogP contribution in [0.4, 0.5) is 5.13 Å². The molecule has 0 aliphatic carbocycles. The van der Waals surface area contributed by atoms with E-state index in [1.165, 1.54) is 11.3 Å². The molecule has 3 rings (SSSR count). The van der Waals surface area contributed by atoms with Crippen molar-refractivity contribution >= 4 is 40.0 Å². The van der Waals surface area contributed by atoms with E-state index in [0.717, 1.165) is 17.0 Å². The number of anilines is 1. The first-order valence-corrected chi connectivity index (χ1v) is 12.3. The normalized spacial score (nSPS) is 11.9. The Kier molecular flexibility index (Phi) is 8.13. The average Bonchev–Trinajstić information content (AvgIpc) is 3.41. The Morgan fingerprint density at radius 3 is 2.68 bits per heavy atom. The van der Waals surface area contributed by atoms with Gasteiger partial charge in [0, 0.05) is 29.4 Å². The molecule has 0 bridgehead atoms. The van der Waals surface area contributed by atoms with Crippen LogP contribution in [0.15, 0.2) is 54.2 Å². The maximum atomic E-state index is 12.9. The third-order valence-corrected chi connectivity index (χ3v) is 5.80. The van der Waals surface area contributed by atoms with Gasteiger partial charge in [0.15, 0.2) is 5.13 Å². The van der Waals surface area contributed by atoms with E-state index in [1.807, 2.05) is 55.8 Å². The van der Waals surface area contributed by atoms with E-state index in [2.05, 4.69) is 21.0 Å². The molecule has 2 aromatic heterocycles. The Morgan fingerprint density at radius 2 is 1.97 bits per heavy atom. The first-order valence-electron chi connectivity index (χ1n) is 10.0. The van der Waals surface area contributed by atoms with Gasteiger partial charge < -0.3 is 16.1 Å². The number of hydrogen-bond acceptors (Lipinski definition) is 6. The number of carbonyl (C=O) groups excluding carboxylic acids is 2. The van der Waals surface area contributed by atoms with E-state index in [0.29, 0.717) is 17.1 Å². The average molecular weight is 458 g/mol. The number of nitrogens with one attached hydrogen (secondary N) is 3. The van der Waals surface area contributed by atoms with Crippen molar-refractivity contribution < 1.29 is 9.59 Å². The minimum Gasteiger partial charge on any atom is -0.340 e. The molecular weight excluding hydrogens is 430 g/mol. The zero-order chi connectivity index (χ0) is 22.2. The highest BCUT2D eigenvalue weighted by molar-refractivity contribution is 7.98. The highest BCUT2D eigenvalue weighted by atomic mass is 32.2. The topological polar surface area (TPSA) is 88.0 Å². The molecule has 1 unspecified atom stereocenters. The molecule has 1 aromatic carbocycles. The Labute approximate surface area is 190 Å². The van der Waals surface area contributed by atoms with E-state index < -0.39 is 6.04 Å². The summed E-state index contributed by atoms with van der Waals surface area (Å²) in [4.78, 5) is 30.1. The minimum atomic E-state index is -0.648. The second-order valence-electron chi connectivity index (χ2n) is 7.29. The van der Waals surface area contributed by atoms with Crippen LogP contribution in [0.5, 0.6) is 0 Å². The summed E-state index contributed by atoms with van der Waals surface area (Å²) in [5.74, 6) is 0.201. The van der Waals surface area contributed by atoms with E-state index in [1.54, 1.807) is 34.9 Å². The number of aromatic nitrogens is 2. The molecule has 9 heteroatoms. The van der Waals surface area contributed by atoms with Gasteiger partial charge in [0.25, 0.3) is 5.91 Å². The van der Waals surface area contributed by atoms with Crippen LogP contribution in [-0.2, 0) is 4.79 Å². The van der Waals surface area contributed by atoms with Crippen LogP contribution in [0.25, 0.3) is 11.3 Å². The molecule has 3 N–H and O–H groups in total. The van der Waals surface area contributed by atoms with Crippen molar-refractivity contribution in [3.05, 3.63) is 59.7 Å². The molecular formula is C22H27N5O2S2. The van der Waals surface area contributed by atoms with Crippen molar-refractivity contribution in [2.75, 3.05) is 22.8 Å². The fraction of sp³-hybridized carbons (Fsp3) is 0.318. The number of hydrogen-bond donors (Lipinski definition) is 3. The van der Waals surface area contributed by atoms with Crippen molar-refractivity contribution in [3.8, 4) is 11.3 Å². The predicted molar refractivity (Wildman–Crippen MR) is 129 cm³/mol. The summed E-state index contributed by atoms with van der Waals surface area (Å²) >= 11 is 3.00. The van der Waals surface area contributed by atoms with Gasteiger partial charge in [-0.15, -0.1) is 11.3 Å². The number of thiazole rings is 1. The van der Waals surface area contributed by atoms with E-state index in [9.17, 15) is 9.59 Å². The van der Waals surface area contributed by atoms with Crippen LogP contribution in [-0.4, -0.2) is 45.6 Å². The lowest BCUT2D eigenvalue weighted by Gasteiger charge is -2.17. The Balaban J connectivity index is 1.65. The standard InChI is InChI=1S/C22H27N5O2S2/c1-15(2)26-27-11-9-17(13-27)20(28)23-18(10-12-30-3)21(29)25-22-24-19(14-31-22)16-7-5-4-6-8-16/h4-9,11,13-15,18,26H,10,12H2,1-3H3,(H,23,28)(H,24,25,29). The van der Waals surface area contributed by atoms with Crippen molar-refractivity contribution in [2.45, 2.75) is 32.4 Å². The summed E-state index contributed by atoms with van der Waals surface area (Å²) in [6.45, 7) is 4.04. The van der Waals surface area contributed by atoms with Crippen LogP contribution < -0.4 is 16.1 Å². The molecule has 7 nitrogen and oxygen atoms in total. The zero-order valence-corrected chi connectivity index (χ0v) is 19.4. The van der Waals surface area contributed by atoms with Crippen molar-refractivity contribution in [2.24, 2.45) is 0 Å². The van der Waals surface area contributed by atoms with Crippen molar-refractivity contribution in [3.63, 3.8) is 0 Å². The molecule has 0 fully saturated rings. The van der Waals surface area contributed by atoms with Gasteiger partial charge in [-0.25, -0.2) is 4.98 Å². The predicted octanol–water partition coefficient (Wildman–Crippen LogP) is 4.05. The number of benzene rings is 1. The summed E-state index contributed by atoms with van der Waals surface area (Å²) in [6, 6.07) is 11.1.